The maximum Gasteiger partial charge on any atom is 0.245 e. The highest BCUT2D eigenvalue weighted by atomic mass is 16.5. The van der Waals surface area contributed by atoms with Crippen LogP contribution < -0.4 is 15.1 Å². The van der Waals surface area contributed by atoms with E-state index in [4.69, 9.17) is 9.47 Å². The van der Waals surface area contributed by atoms with Gasteiger partial charge >= 0.3 is 0 Å². The van der Waals surface area contributed by atoms with Gasteiger partial charge in [-0.05, 0) is 0 Å². The summed E-state index contributed by atoms with van der Waals surface area (Å²) >= 11 is 0. The lowest BCUT2D eigenvalue weighted by Gasteiger charge is -2.33. The fourth-order valence-electron chi connectivity index (χ4n) is 2.52. The summed E-state index contributed by atoms with van der Waals surface area (Å²) in [6.45, 7) is 10.4. The minimum absolute atomic E-state index is 0.526. The fourth-order valence-corrected chi connectivity index (χ4v) is 2.52. The van der Waals surface area contributed by atoms with Crippen LogP contribution in [0.5, 0.6) is 0 Å². The highest BCUT2D eigenvalue weighted by Gasteiger charge is 2.24. The van der Waals surface area contributed by atoms with Crippen LogP contribution in [0, 0.1) is 0 Å². The van der Waals surface area contributed by atoms with Crippen LogP contribution in [0.1, 0.15) is 0 Å². The molecule has 1 aromatic heterocycles. The van der Waals surface area contributed by atoms with Crippen molar-refractivity contribution in [2.24, 2.45) is 0 Å². The molecular weight excluding hydrogens is 284 g/mol. The molecule has 1 N–H and O–H groups in total. The Balaban J connectivity index is 1.87. The summed E-state index contributed by atoms with van der Waals surface area (Å²) < 4.78 is 10.8. The van der Waals surface area contributed by atoms with Gasteiger partial charge in [-0.2, -0.15) is 4.98 Å². The number of hydrogen-bond donors (Lipinski definition) is 1. The zero-order valence-electron chi connectivity index (χ0n) is 12.7. The van der Waals surface area contributed by atoms with Gasteiger partial charge in [0.2, 0.25) is 5.95 Å². The number of nitrogens with zero attached hydrogens (tertiary/aromatic N) is 5. The monoisotopic (exact) mass is 306 g/mol. The topological polar surface area (TPSA) is 75.6 Å². The van der Waals surface area contributed by atoms with E-state index in [0.29, 0.717) is 38.9 Å². The molecule has 2 aliphatic heterocycles. The lowest BCUT2D eigenvalue weighted by atomic mass is 10.3. The molecule has 0 aliphatic carbocycles. The zero-order valence-corrected chi connectivity index (χ0v) is 12.7. The molecule has 0 bridgehead atoms. The van der Waals surface area contributed by atoms with Crippen LogP contribution in [-0.4, -0.2) is 74.3 Å². The van der Waals surface area contributed by atoms with E-state index in [0.717, 1.165) is 37.8 Å². The molecule has 0 unspecified atom stereocenters. The second-order valence-corrected chi connectivity index (χ2v) is 5.15. The molecule has 1 aromatic rings. The number of morpholine rings is 2. The molecule has 0 saturated carbocycles. The van der Waals surface area contributed by atoms with E-state index < -0.39 is 0 Å². The van der Waals surface area contributed by atoms with E-state index in [1.165, 1.54) is 0 Å². The van der Waals surface area contributed by atoms with Crippen molar-refractivity contribution in [2.45, 2.75) is 0 Å². The van der Waals surface area contributed by atoms with Crippen molar-refractivity contribution in [1.82, 2.24) is 15.2 Å². The van der Waals surface area contributed by atoms with Crippen molar-refractivity contribution in [3.8, 4) is 0 Å². The first-order chi connectivity index (χ1) is 10.9. The quantitative estimate of drug-likeness (QED) is 0.770. The molecule has 0 radical (unpaired) electrons. The molecule has 0 amide bonds. The number of ether oxygens (including phenoxy) is 2. The third-order valence-electron chi connectivity index (χ3n) is 3.68. The maximum absolute atomic E-state index is 5.43. The van der Waals surface area contributed by atoms with Crippen LogP contribution in [0.3, 0.4) is 0 Å². The van der Waals surface area contributed by atoms with Crippen LogP contribution in [0.25, 0.3) is 0 Å². The Morgan fingerprint density at radius 1 is 0.955 bits per heavy atom. The molecule has 2 saturated heterocycles. The molecule has 120 valence electrons. The Labute approximate surface area is 130 Å². The largest absolute Gasteiger partial charge is 0.378 e. The van der Waals surface area contributed by atoms with E-state index in [1.54, 1.807) is 6.08 Å². The van der Waals surface area contributed by atoms with Gasteiger partial charge in [0.15, 0.2) is 11.6 Å². The van der Waals surface area contributed by atoms with Crippen molar-refractivity contribution in [3.05, 3.63) is 12.7 Å². The molecule has 3 rings (SSSR count). The molecule has 2 aliphatic rings. The van der Waals surface area contributed by atoms with E-state index in [9.17, 15) is 0 Å². The van der Waals surface area contributed by atoms with E-state index >= 15 is 0 Å². The fraction of sp³-hybridized carbons (Fsp3) is 0.643. The average molecular weight is 306 g/mol. The Morgan fingerprint density at radius 3 is 2.14 bits per heavy atom. The van der Waals surface area contributed by atoms with Crippen LogP contribution >= 0.6 is 0 Å². The molecule has 0 atom stereocenters. The maximum atomic E-state index is 5.43. The standard InChI is InChI=1S/C14H22N6O2/c1-2-3-15-14-16-12(19-4-8-21-9-5-19)13(17-18-14)20-6-10-22-11-7-20/h2H,1,3-11H2,(H,15,16,18). The smallest absolute Gasteiger partial charge is 0.245 e. The second-order valence-electron chi connectivity index (χ2n) is 5.15. The molecule has 0 spiro atoms. The van der Waals surface area contributed by atoms with Crippen LogP contribution in [0.4, 0.5) is 17.6 Å². The van der Waals surface area contributed by atoms with Gasteiger partial charge in [0.1, 0.15) is 0 Å². The lowest BCUT2D eigenvalue weighted by Crippen LogP contribution is -2.41. The highest BCUT2D eigenvalue weighted by molar-refractivity contribution is 5.63. The normalized spacial score (nSPS) is 19.1. The summed E-state index contributed by atoms with van der Waals surface area (Å²) in [7, 11) is 0. The first kappa shape index (κ1) is 15.0. The van der Waals surface area contributed by atoms with Gasteiger partial charge in [-0.1, -0.05) is 6.08 Å². The Bertz CT molecular complexity index is 500. The molecule has 8 nitrogen and oxygen atoms in total. The van der Waals surface area contributed by atoms with Gasteiger partial charge in [0, 0.05) is 32.7 Å². The van der Waals surface area contributed by atoms with Gasteiger partial charge in [0.05, 0.1) is 26.4 Å². The van der Waals surface area contributed by atoms with E-state index in [1.807, 2.05) is 0 Å². The molecule has 8 heteroatoms. The summed E-state index contributed by atoms with van der Waals surface area (Å²) in [6, 6.07) is 0. The molecular formula is C14H22N6O2. The van der Waals surface area contributed by atoms with E-state index in [-0.39, 0.29) is 0 Å². The van der Waals surface area contributed by atoms with Crippen LogP contribution in [-0.2, 0) is 9.47 Å². The SMILES string of the molecule is C=CCNc1nnc(N2CCOCC2)c(N2CCOCC2)n1. The minimum Gasteiger partial charge on any atom is -0.378 e. The van der Waals surface area contributed by atoms with E-state index in [2.05, 4.69) is 36.9 Å². The van der Waals surface area contributed by atoms with Crippen molar-refractivity contribution in [2.75, 3.05) is 74.3 Å². The van der Waals surface area contributed by atoms with Gasteiger partial charge < -0.3 is 24.6 Å². The van der Waals surface area contributed by atoms with Crippen molar-refractivity contribution in [3.63, 3.8) is 0 Å². The highest BCUT2D eigenvalue weighted by Crippen LogP contribution is 2.26. The number of rotatable bonds is 5. The Hall–Kier alpha value is -1.93. The molecule has 22 heavy (non-hydrogen) atoms. The third kappa shape index (κ3) is 3.45. The first-order valence-corrected chi connectivity index (χ1v) is 7.63. The van der Waals surface area contributed by atoms with Crippen LogP contribution in [0.2, 0.25) is 0 Å². The summed E-state index contributed by atoms with van der Waals surface area (Å²) in [6.07, 6.45) is 1.77. The summed E-state index contributed by atoms with van der Waals surface area (Å²) in [5.41, 5.74) is 0. The molecule has 3 heterocycles. The Morgan fingerprint density at radius 2 is 1.55 bits per heavy atom. The predicted molar refractivity (Wildman–Crippen MR) is 84.6 cm³/mol. The summed E-state index contributed by atoms with van der Waals surface area (Å²) in [5.74, 6) is 2.22. The average Bonchev–Trinajstić information content (AvgIpc) is 2.61. The van der Waals surface area contributed by atoms with Crippen molar-refractivity contribution < 1.29 is 9.47 Å². The van der Waals surface area contributed by atoms with Gasteiger partial charge in [-0.25, -0.2) is 0 Å². The van der Waals surface area contributed by atoms with Crippen molar-refractivity contribution in [1.29, 1.82) is 0 Å². The number of nitrogens with one attached hydrogen (secondary N) is 1. The van der Waals surface area contributed by atoms with Gasteiger partial charge in [-0.15, -0.1) is 16.8 Å². The number of aromatic nitrogens is 3. The van der Waals surface area contributed by atoms with Crippen molar-refractivity contribution >= 4 is 17.6 Å². The third-order valence-corrected chi connectivity index (χ3v) is 3.68. The zero-order chi connectivity index (χ0) is 15.2. The predicted octanol–water partition coefficient (Wildman–Crippen LogP) is 0.143. The Kier molecular flexibility index (Phi) is 5.02. The minimum atomic E-state index is 0.526. The number of anilines is 3. The number of hydrogen-bond acceptors (Lipinski definition) is 8. The first-order valence-electron chi connectivity index (χ1n) is 7.63. The molecule has 2 fully saturated rings. The molecule has 0 aromatic carbocycles. The summed E-state index contributed by atoms with van der Waals surface area (Å²) in [4.78, 5) is 9.06. The lowest BCUT2D eigenvalue weighted by molar-refractivity contribution is 0.120. The van der Waals surface area contributed by atoms with Gasteiger partial charge in [-0.3, -0.25) is 0 Å². The van der Waals surface area contributed by atoms with Gasteiger partial charge in [0.25, 0.3) is 0 Å². The van der Waals surface area contributed by atoms with Crippen LogP contribution in [0.15, 0.2) is 12.7 Å². The second kappa shape index (κ2) is 7.37. The summed E-state index contributed by atoms with van der Waals surface area (Å²) in [5, 5.41) is 11.7.